The third kappa shape index (κ3) is 4.40. The highest BCUT2D eigenvalue weighted by molar-refractivity contribution is 5.79. The molecular formula is C26H25NO2. The van der Waals surface area contributed by atoms with E-state index in [0.717, 1.165) is 6.42 Å². The molecule has 0 bridgehead atoms. The van der Waals surface area contributed by atoms with Gasteiger partial charge in [0.25, 0.3) is 0 Å². The molecule has 3 nitrogen and oxygen atoms in total. The molecule has 1 amide bonds. The third-order valence-electron chi connectivity index (χ3n) is 5.28. The molecule has 0 aliphatic heterocycles. The van der Waals surface area contributed by atoms with Crippen molar-refractivity contribution in [3.05, 3.63) is 101 Å². The fourth-order valence-electron chi connectivity index (χ4n) is 3.90. The van der Waals surface area contributed by atoms with Crippen LogP contribution in [0, 0.1) is 6.92 Å². The van der Waals surface area contributed by atoms with Gasteiger partial charge in [-0.1, -0.05) is 90.5 Å². The van der Waals surface area contributed by atoms with Crippen LogP contribution < -0.4 is 5.32 Å². The van der Waals surface area contributed by atoms with E-state index in [1.807, 2.05) is 18.2 Å². The number of aryl methyl sites for hydroxylation is 1. The summed E-state index contributed by atoms with van der Waals surface area (Å²) < 4.78 is 5.55. The number of rotatable bonds is 6. The highest BCUT2D eigenvalue weighted by Gasteiger charge is 2.28. The lowest BCUT2D eigenvalue weighted by Crippen LogP contribution is -2.26. The number of carbonyl (C=O) groups excluding carboxylic acids is 1. The van der Waals surface area contributed by atoms with Crippen LogP contribution >= 0.6 is 0 Å². The largest absolute Gasteiger partial charge is 0.449 e. The molecule has 0 atom stereocenters. The zero-order valence-corrected chi connectivity index (χ0v) is 16.6. The zero-order valence-electron chi connectivity index (χ0n) is 16.6. The molecule has 0 aromatic heterocycles. The number of hydrogen-bond donors (Lipinski definition) is 1. The van der Waals surface area contributed by atoms with Gasteiger partial charge in [-0.15, -0.1) is 0 Å². The topological polar surface area (TPSA) is 38.3 Å². The van der Waals surface area contributed by atoms with Crippen molar-refractivity contribution < 1.29 is 9.53 Å². The lowest BCUT2D eigenvalue weighted by molar-refractivity contribution is 0.143. The van der Waals surface area contributed by atoms with Gasteiger partial charge < -0.3 is 10.1 Å². The van der Waals surface area contributed by atoms with E-state index in [4.69, 9.17) is 4.74 Å². The van der Waals surface area contributed by atoms with Crippen LogP contribution in [0.25, 0.3) is 17.2 Å². The number of carbonyl (C=O) groups is 1. The first-order valence-corrected chi connectivity index (χ1v) is 10.0. The summed E-state index contributed by atoms with van der Waals surface area (Å²) in [4.78, 5) is 12.1. The lowest BCUT2D eigenvalue weighted by Gasteiger charge is -2.14. The van der Waals surface area contributed by atoms with E-state index in [2.05, 4.69) is 79.0 Å². The Morgan fingerprint density at radius 3 is 2.34 bits per heavy atom. The molecule has 0 heterocycles. The second-order valence-corrected chi connectivity index (χ2v) is 7.36. The molecule has 3 aromatic carbocycles. The van der Waals surface area contributed by atoms with Crippen molar-refractivity contribution in [3.8, 4) is 11.1 Å². The van der Waals surface area contributed by atoms with E-state index >= 15 is 0 Å². The molecule has 0 spiro atoms. The Morgan fingerprint density at radius 2 is 1.66 bits per heavy atom. The van der Waals surface area contributed by atoms with Gasteiger partial charge in [-0.05, 0) is 41.2 Å². The minimum absolute atomic E-state index is 0.0920. The highest BCUT2D eigenvalue weighted by Crippen LogP contribution is 2.44. The molecular weight excluding hydrogens is 358 g/mol. The van der Waals surface area contributed by atoms with Crippen LogP contribution in [0.3, 0.4) is 0 Å². The summed E-state index contributed by atoms with van der Waals surface area (Å²) in [5, 5.41) is 2.84. The number of ether oxygens (including phenoxy) is 1. The minimum atomic E-state index is -0.365. The summed E-state index contributed by atoms with van der Waals surface area (Å²) >= 11 is 0. The smallest absolute Gasteiger partial charge is 0.407 e. The Kier molecular flexibility index (Phi) is 5.76. The molecule has 3 aromatic rings. The molecule has 4 rings (SSSR count). The number of hydrogen-bond acceptors (Lipinski definition) is 2. The summed E-state index contributed by atoms with van der Waals surface area (Å²) in [5.74, 6) is 0.0920. The number of nitrogens with one attached hydrogen (secondary N) is 1. The molecule has 1 aliphatic carbocycles. The van der Waals surface area contributed by atoms with Gasteiger partial charge in [0.15, 0.2) is 0 Å². The van der Waals surface area contributed by atoms with E-state index in [1.165, 1.54) is 33.4 Å². The second-order valence-electron chi connectivity index (χ2n) is 7.36. The van der Waals surface area contributed by atoms with Crippen LogP contribution in [-0.2, 0) is 4.74 Å². The van der Waals surface area contributed by atoms with E-state index in [1.54, 1.807) is 0 Å². The van der Waals surface area contributed by atoms with Crippen LogP contribution in [-0.4, -0.2) is 19.2 Å². The van der Waals surface area contributed by atoms with Gasteiger partial charge in [0.05, 0.1) is 0 Å². The molecule has 0 unspecified atom stereocenters. The van der Waals surface area contributed by atoms with Crippen molar-refractivity contribution in [2.45, 2.75) is 19.3 Å². The molecule has 29 heavy (non-hydrogen) atoms. The third-order valence-corrected chi connectivity index (χ3v) is 5.28. The van der Waals surface area contributed by atoms with Crippen LogP contribution in [0.4, 0.5) is 4.79 Å². The van der Waals surface area contributed by atoms with Gasteiger partial charge in [0, 0.05) is 12.5 Å². The van der Waals surface area contributed by atoms with Crippen LogP contribution in [0.15, 0.2) is 78.9 Å². The van der Waals surface area contributed by atoms with Gasteiger partial charge in [-0.25, -0.2) is 4.79 Å². The van der Waals surface area contributed by atoms with E-state index in [9.17, 15) is 4.79 Å². The summed E-state index contributed by atoms with van der Waals surface area (Å²) in [6.45, 7) is 2.98. The Bertz CT molecular complexity index is 993. The first-order valence-electron chi connectivity index (χ1n) is 10.0. The van der Waals surface area contributed by atoms with E-state index in [0.29, 0.717) is 13.2 Å². The van der Waals surface area contributed by atoms with E-state index < -0.39 is 0 Å². The fraction of sp³-hybridized carbons (Fsp3) is 0.192. The van der Waals surface area contributed by atoms with Crippen LogP contribution in [0.1, 0.15) is 34.6 Å². The first kappa shape index (κ1) is 19.0. The Morgan fingerprint density at radius 1 is 0.966 bits per heavy atom. The lowest BCUT2D eigenvalue weighted by atomic mass is 9.98. The zero-order chi connectivity index (χ0) is 20.1. The first-order chi connectivity index (χ1) is 14.2. The van der Waals surface area contributed by atoms with Crippen LogP contribution in [0.2, 0.25) is 0 Å². The van der Waals surface area contributed by atoms with Gasteiger partial charge in [0.2, 0.25) is 0 Å². The standard InChI is InChI=1S/C26H25NO2/c1-19-9-8-11-20(17-19)10-6-7-16-27-26(28)29-18-25-23-14-4-2-12-21(23)22-13-3-5-15-24(22)25/h2-6,8-15,17,25H,7,16,18H2,1H3,(H,27,28). The average Bonchev–Trinajstić information content (AvgIpc) is 3.06. The normalized spacial score (nSPS) is 12.6. The summed E-state index contributed by atoms with van der Waals surface area (Å²) in [5.41, 5.74) is 7.33. The molecule has 0 radical (unpaired) electrons. The van der Waals surface area contributed by atoms with Crippen molar-refractivity contribution in [1.29, 1.82) is 0 Å². The molecule has 0 saturated carbocycles. The number of fused-ring (bicyclic) bond motifs is 3. The van der Waals surface area contributed by atoms with Gasteiger partial charge in [-0.3, -0.25) is 0 Å². The fourth-order valence-corrected chi connectivity index (χ4v) is 3.90. The van der Waals surface area contributed by atoms with E-state index in [-0.39, 0.29) is 12.0 Å². The quantitative estimate of drug-likeness (QED) is 0.535. The molecule has 1 aliphatic rings. The number of benzene rings is 3. The number of amides is 1. The minimum Gasteiger partial charge on any atom is -0.449 e. The monoisotopic (exact) mass is 383 g/mol. The summed E-state index contributed by atoms with van der Waals surface area (Å²) in [7, 11) is 0. The Hall–Kier alpha value is -3.33. The SMILES string of the molecule is Cc1cccc(C=CCCNC(=O)OCC2c3ccccc3-c3ccccc32)c1. The van der Waals surface area contributed by atoms with Gasteiger partial charge in [-0.2, -0.15) is 0 Å². The molecule has 3 heteroatoms. The highest BCUT2D eigenvalue weighted by atomic mass is 16.5. The van der Waals surface area contributed by atoms with Crippen molar-refractivity contribution >= 4 is 12.2 Å². The predicted octanol–water partition coefficient (Wildman–Crippen LogP) is 5.94. The Balaban J connectivity index is 1.28. The maximum absolute atomic E-state index is 12.1. The second kappa shape index (κ2) is 8.78. The molecule has 1 N–H and O–H groups in total. The van der Waals surface area contributed by atoms with Crippen molar-refractivity contribution in [3.63, 3.8) is 0 Å². The maximum Gasteiger partial charge on any atom is 0.407 e. The van der Waals surface area contributed by atoms with Crippen LogP contribution in [0.5, 0.6) is 0 Å². The summed E-state index contributed by atoms with van der Waals surface area (Å²) in [6, 6.07) is 25.0. The van der Waals surface area contributed by atoms with Crippen molar-refractivity contribution in [2.75, 3.05) is 13.2 Å². The molecule has 0 saturated heterocycles. The number of alkyl carbamates (subject to hydrolysis) is 1. The molecule has 146 valence electrons. The Labute approximate surface area is 172 Å². The van der Waals surface area contributed by atoms with Crippen molar-refractivity contribution in [2.24, 2.45) is 0 Å². The van der Waals surface area contributed by atoms with Gasteiger partial charge >= 0.3 is 6.09 Å². The summed E-state index contributed by atoms with van der Waals surface area (Å²) in [6.07, 6.45) is 4.54. The maximum atomic E-state index is 12.1. The predicted molar refractivity (Wildman–Crippen MR) is 118 cm³/mol. The van der Waals surface area contributed by atoms with Gasteiger partial charge in [0.1, 0.15) is 6.61 Å². The average molecular weight is 383 g/mol. The molecule has 0 fully saturated rings. The van der Waals surface area contributed by atoms with Crippen molar-refractivity contribution in [1.82, 2.24) is 5.32 Å².